The predicted molar refractivity (Wildman–Crippen MR) is 78.0 cm³/mol. The molecule has 1 aliphatic rings. The third-order valence-corrected chi connectivity index (χ3v) is 3.85. The van der Waals surface area contributed by atoms with Gasteiger partial charge in [-0.1, -0.05) is 11.6 Å². The van der Waals surface area contributed by atoms with Gasteiger partial charge in [0.1, 0.15) is 0 Å². The third kappa shape index (κ3) is 4.90. The molecule has 0 saturated heterocycles. The first-order valence-corrected chi connectivity index (χ1v) is 7.30. The van der Waals surface area contributed by atoms with Crippen LogP contribution in [0.4, 0.5) is 4.79 Å². The van der Waals surface area contributed by atoms with Crippen molar-refractivity contribution in [3.63, 3.8) is 0 Å². The smallest absolute Gasteiger partial charge is 0.315 e. The summed E-state index contributed by atoms with van der Waals surface area (Å²) in [5, 5.41) is 15.1. The van der Waals surface area contributed by atoms with Crippen molar-refractivity contribution in [3.8, 4) is 0 Å². The summed E-state index contributed by atoms with van der Waals surface area (Å²) in [6.07, 6.45) is 4.15. The number of carboxylic acids is 1. The minimum Gasteiger partial charge on any atom is -0.481 e. The van der Waals surface area contributed by atoms with Gasteiger partial charge in [0.25, 0.3) is 0 Å². The van der Waals surface area contributed by atoms with Crippen LogP contribution in [0.1, 0.15) is 31.4 Å². The maximum Gasteiger partial charge on any atom is 0.315 e. The molecule has 0 radical (unpaired) electrons. The zero-order chi connectivity index (χ0) is 15.2. The molecule has 0 aliphatic heterocycles. The van der Waals surface area contributed by atoms with E-state index >= 15 is 0 Å². The number of aliphatic carboxylic acids is 1. The molecule has 1 aromatic rings. The van der Waals surface area contributed by atoms with E-state index in [0.717, 1.165) is 5.69 Å². The fourth-order valence-corrected chi connectivity index (χ4v) is 2.51. The minimum absolute atomic E-state index is 0.0405. The van der Waals surface area contributed by atoms with Crippen LogP contribution in [-0.2, 0) is 11.3 Å². The van der Waals surface area contributed by atoms with E-state index in [-0.39, 0.29) is 18.0 Å². The number of hydrogen-bond acceptors (Lipinski definition) is 3. The van der Waals surface area contributed by atoms with Gasteiger partial charge in [0.15, 0.2) is 0 Å². The normalized spacial score (nSPS) is 21.6. The maximum absolute atomic E-state index is 11.8. The Morgan fingerprint density at radius 3 is 2.57 bits per heavy atom. The molecule has 1 aromatic heterocycles. The van der Waals surface area contributed by atoms with Gasteiger partial charge in [-0.3, -0.25) is 9.78 Å². The van der Waals surface area contributed by atoms with Crippen LogP contribution < -0.4 is 10.6 Å². The van der Waals surface area contributed by atoms with Crippen LogP contribution in [0.25, 0.3) is 0 Å². The molecule has 0 bridgehead atoms. The van der Waals surface area contributed by atoms with Gasteiger partial charge < -0.3 is 15.7 Å². The van der Waals surface area contributed by atoms with Crippen molar-refractivity contribution in [2.75, 3.05) is 0 Å². The molecule has 1 saturated carbocycles. The number of carboxylic acid groups (broad SMARTS) is 1. The van der Waals surface area contributed by atoms with Crippen molar-refractivity contribution < 1.29 is 14.7 Å². The fraction of sp³-hybridized carbons (Fsp3) is 0.500. The lowest BCUT2D eigenvalue weighted by molar-refractivity contribution is -0.142. The summed E-state index contributed by atoms with van der Waals surface area (Å²) in [6, 6.07) is 3.25. The van der Waals surface area contributed by atoms with Gasteiger partial charge in [0, 0.05) is 12.2 Å². The zero-order valence-corrected chi connectivity index (χ0v) is 12.3. The Hall–Kier alpha value is -1.82. The first-order valence-electron chi connectivity index (χ1n) is 6.92. The predicted octanol–water partition coefficient (Wildman–Crippen LogP) is 2.18. The van der Waals surface area contributed by atoms with Crippen LogP contribution >= 0.6 is 11.6 Å². The second-order valence-electron chi connectivity index (χ2n) is 5.18. The van der Waals surface area contributed by atoms with E-state index in [2.05, 4.69) is 15.6 Å². The van der Waals surface area contributed by atoms with E-state index in [1.54, 1.807) is 12.1 Å². The number of nitrogens with one attached hydrogen (secondary N) is 2. The Morgan fingerprint density at radius 2 is 2.00 bits per heavy atom. The first kappa shape index (κ1) is 15.6. The van der Waals surface area contributed by atoms with Crippen molar-refractivity contribution in [1.82, 2.24) is 15.6 Å². The van der Waals surface area contributed by atoms with Gasteiger partial charge in [0.05, 0.1) is 23.2 Å². The van der Waals surface area contributed by atoms with Crippen LogP contribution in [-0.4, -0.2) is 28.1 Å². The summed E-state index contributed by atoms with van der Waals surface area (Å²) in [5.41, 5.74) is 0.726. The molecule has 114 valence electrons. The van der Waals surface area contributed by atoms with Crippen LogP contribution in [0, 0.1) is 5.92 Å². The van der Waals surface area contributed by atoms with Crippen molar-refractivity contribution in [2.45, 2.75) is 38.3 Å². The number of halogens is 1. The lowest BCUT2D eigenvalue weighted by atomic mass is 9.86. The average Bonchev–Trinajstić information content (AvgIpc) is 2.47. The van der Waals surface area contributed by atoms with Crippen LogP contribution in [0.15, 0.2) is 18.3 Å². The quantitative estimate of drug-likeness (QED) is 0.794. The summed E-state index contributed by atoms with van der Waals surface area (Å²) in [4.78, 5) is 26.7. The highest BCUT2D eigenvalue weighted by atomic mass is 35.5. The molecule has 1 aliphatic carbocycles. The number of carbonyl (C=O) groups excluding carboxylic acids is 1. The minimum atomic E-state index is -0.744. The molecule has 1 heterocycles. The van der Waals surface area contributed by atoms with Crippen molar-refractivity contribution in [1.29, 1.82) is 0 Å². The van der Waals surface area contributed by atoms with E-state index in [1.165, 1.54) is 6.20 Å². The Labute approximate surface area is 127 Å². The largest absolute Gasteiger partial charge is 0.481 e. The van der Waals surface area contributed by atoms with Crippen LogP contribution in [0.3, 0.4) is 0 Å². The molecule has 0 spiro atoms. The summed E-state index contributed by atoms with van der Waals surface area (Å²) < 4.78 is 0. The number of amides is 2. The van der Waals surface area contributed by atoms with Gasteiger partial charge in [-0.15, -0.1) is 0 Å². The summed E-state index contributed by atoms with van der Waals surface area (Å²) in [6.45, 7) is 0.327. The lowest BCUT2D eigenvalue weighted by Crippen LogP contribution is -2.44. The Bertz CT molecular complexity index is 499. The van der Waals surface area contributed by atoms with E-state index in [4.69, 9.17) is 16.7 Å². The molecule has 2 rings (SSSR count). The SMILES string of the molecule is O=C(NCc1ccc(Cl)cn1)NC1CCC(C(=O)O)CC1. The van der Waals surface area contributed by atoms with E-state index in [9.17, 15) is 9.59 Å². The molecule has 21 heavy (non-hydrogen) atoms. The van der Waals surface area contributed by atoms with Gasteiger partial charge >= 0.3 is 12.0 Å². The molecule has 7 heteroatoms. The number of carbonyl (C=O) groups is 2. The standard InChI is InChI=1S/C14H18ClN3O3/c15-10-3-6-12(16-7-10)8-17-14(21)18-11-4-1-9(2-5-11)13(19)20/h3,6-7,9,11H,1-2,4-5,8H2,(H,19,20)(H2,17,18,21). The molecule has 0 aromatic carbocycles. The number of rotatable bonds is 4. The van der Waals surface area contributed by atoms with Crippen LogP contribution in [0.2, 0.25) is 5.02 Å². The van der Waals surface area contributed by atoms with Crippen molar-refractivity contribution in [3.05, 3.63) is 29.0 Å². The van der Waals surface area contributed by atoms with Crippen molar-refractivity contribution >= 4 is 23.6 Å². The highest BCUT2D eigenvalue weighted by Gasteiger charge is 2.26. The van der Waals surface area contributed by atoms with E-state index < -0.39 is 5.97 Å². The highest BCUT2D eigenvalue weighted by molar-refractivity contribution is 6.30. The van der Waals surface area contributed by atoms with Gasteiger partial charge in [-0.2, -0.15) is 0 Å². The van der Waals surface area contributed by atoms with Gasteiger partial charge in [-0.05, 0) is 37.8 Å². The van der Waals surface area contributed by atoms with E-state index in [1.807, 2.05) is 0 Å². The third-order valence-electron chi connectivity index (χ3n) is 3.63. The number of hydrogen-bond donors (Lipinski definition) is 3. The molecular weight excluding hydrogens is 294 g/mol. The first-order chi connectivity index (χ1) is 10.0. The lowest BCUT2D eigenvalue weighted by Gasteiger charge is -2.26. The molecule has 3 N–H and O–H groups in total. The summed E-state index contributed by atoms with van der Waals surface area (Å²) in [7, 11) is 0. The molecule has 6 nitrogen and oxygen atoms in total. The topological polar surface area (TPSA) is 91.3 Å². The Kier molecular flexibility index (Phi) is 5.38. The fourth-order valence-electron chi connectivity index (χ4n) is 2.40. The number of nitrogens with zero attached hydrogens (tertiary/aromatic N) is 1. The Morgan fingerprint density at radius 1 is 1.29 bits per heavy atom. The molecule has 0 unspecified atom stereocenters. The van der Waals surface area contributed by atoms with Crippen LogP contribution in [0.5, 0.6) is 0 Å². The summed E-state index contributed by atoms with van der Waals surface area (Å²) in [5.74, 6) is -1.02. The van der Waals surface area contributed by atoms with Gasteiger partial charge in [-0.25, -0.2) is 4.79 Å². The number of pyridine rings is 1. The molecule has 2 amide bonds. The average molecular weight is 312 g/mol. The Balaban J connectivity index is 1.70. The van der Waals surface area contributed by atoms with E-state index in [0.29, 0.717) is 37.3 Å². The zero-order valence-electron chi connectivity index (χ0n) is 11.5. The second-order valence-corrected chi connectivity index (χ2v) is 5.62. The molecule has 1 fully saturated rings. The molecule has 0 atom stereocenters. The maximum atomic E-state index is 11.8. The second kappa shape index (κ2) is 7.26. The highest BCUT2D eigenvalue weighted by Crippen LogP contribution is 2.24. The van der Waals surface area contributed by atoms with Crippen molar-refractivity contribution in [2.24, 2.45) is 5.92 Å². The monoisotopic (exact) mass is 311 g/mol. The van der Waals surface area contributed by atoms with Gasteiger partial charge in [0.2, 0.25) is 0 Å². The number of aromatic nitrogens is 1. The summed E-state index contributed by atoms with van der Waals surface area (Å²) >= 11 is 5.73. The number of urea groups is 1. The molecular formula is C14H18ClN3O3.